The molecule has 1 aromatic rings. The van der Waals surface area contributed by atoms with Crippen LogP contribution in [0, 0.1) is 0 Å². The van der Waals surface area contributed by atoms with Gasteiger partial charge in [0.1, 0.15) is 5.78 Å². The summed E-state index contributed by atoms with van der Waals surface area (Å²) in [6.07, 6.45) is 2.95. The van der Waals surface area contributed by atoms with Crippen LogP contribution < -0.4 is 5.32 Å². The minimum atomic E-state index is 0.155. The Balaban J connectivity index is 2.05. The van der Waals surface area contributed by atoms with Crippen molar-refractivity contribution < 1.29 is 9.90 Å². The van der Waals surface area contributed by atoms with E-state index in [1.54, 1.807) is 0 Å². The second-order valence-corrected chi connectivity index (χ2v) is 4.10. The van der Waals surface area contributed by atoms with Crippen molar-refractivity contribution in [3.05, 3.63) is 35.9 Å². The lowest BCUT2D eigenvalue weighted by Gasteiger charge is -2.03. The Hall–Kier alpha value is -1.19. The van der Waals surface area contributed by atoms with Crippen molar-refractivity contribution in [1.29, 1.82) is 0 Å². The predicted octanol–water partition coefficient (Wildman–Crippen LogP) is 1.55. The van der Waals surface area contributed by atoms with Crippen LogP contribution in [0.15, 0.2) is 30.3 Å². The molecule has 0 fully saturated rings. The Kier molecular flexibility index (Phi) is 7.27. The van der Waals surface area contributed by atoms with Crippen molar-refractivity contribution in [2.24, 2.45) is 0 Å². The molecule has 0 heterocycles. The molecule has 0 atom stereocenters. The van der Waals surface area contributed by atoms with Gasteiger partial charge in [0.25, 0.3) is 0 Å². The third kappa shape index (κ3) is 6.87. The maximum Gasteiger partial charge on any atom is 0.133 e. The topological polar surface area (TPSA) is 49.3 Å². The highest BCUT2D eigenvalue weighted by atomic mass is 16.3. The molecule has 2 N–H and O–H groups in total. The van der Waals surface area contributed by atoms with Crippen molar-refractivity contribution in [2.75, 3.05) is 19.7 Å². The molecule has 0 unspecified atom stereocenters. The van der Waals surface area contributed by atoms with E-state index in [4.69, 9.17) is 5.11 Å². The lowest BCUT2D eigenvalue weighted by Crippen LogP contribution is -2.20. The van der Waals surface area contributed by atoms with E-state index in [1.807, 2.05) is 18.2 Å². The first-order chi connectivity index (χ1) is 8.33. The van der Waals surface area contributed by atoms with Gasteiger partial charge in [-0.2, -0.15) is 0 Å². The van der Waals surface area contributed by atoms with Gasteiger partial charge in [-0.05, 0) is 24.9 Å². The normalized spacial score (nSPS) is 10.4. The molecule has 0 aromatic heterocycles. The van der Waals surface area contributed by atoms with E-state index in [0.29, 0.717) is 25.2 Å². The fourth-order valence-electron chi connectivity index (χ4n) is 1.67. The Morgan fingerprint density at radius 3 is 2.59 bits per heavy atom. The van der Waals surface area contributed by atoms with E-state index in [2.05, 4.69) is 17.4 Å². The third-order valence-corrected chi connectivity index (χ3v) is 2.63. The molecule has 0 radical (unpaired) electrons. The molecule has 0 amide bonds. The van der Waals surface area contributed by atoms with Gasteiger partial charge >= 0.3 is 0 Å². The van der Waals surface area contributed by atoms with Crippen LogP contribution in [0.2, 0.25) is 0 Å². The first kappa shape index (κ1) is 13.9. The molecule has 1 aromatic carbocycles. The lowest BCUT2D eigenvalue weighted by atomic mass is 10.1. The number of aryl methyl sites for hydroxylation is 1. The first-order valence-electron chi connectivity index (χ1n) is 6.20. The van der Waals surface area contributed by atoms with Crippen molar-refractivity contribution in [3.8, 4) is 0 Å². The summed E-state index contributed by atoms with van der Waals surface area (Å²) in [4.78, 5) is 11.6. The van der Waals surface area contributed by atoms with Crippen LogP contribution in [0.25, 0.3) is 0 Å². The van der Waals surface area contributed by atoms with Gasteiger partial charge in [0, 0.05) is 19.4 Å². The average Bonchev–Trinajstić information content (AvgIpc) is 2.37. The van der Waals surface area contributed by atoms with E-state index < -0.39 is 0 Å². The summed E-state index contributed by atoms with van der Waals surface area (Å²) in [5.41, 5.74) is 1.22. The zero-order valence-electron chi connectivity index (χ0n) is 10.2. The highest BCUT2D eigenvalue weighted by molar-refractivity contribution is 5.78. The molecule has 1 rings (SSSR count). The van der Waals surface area contributed by atoms with Crippen LogP contribution in [0.5, 0.6) is 0 Å². The Bertz CT molecular complexity index is 311. The second kappa shape index (κ2) is 8.90. The van der Waals surface area contributed by atoms with Crippen LogP contribution in [0.4, 0.5) is 0 Å². The number of rotatable bonds is 9. The molecule has 3 nitrogen and oxygen atoms in total. The largest absolute Gasteiger partial charge is 0.395 e. The lowest BCUT2D eigenvalue weighted by molar-refractivity contribution is -0.119. The number of Topliss-reactive ketones (excluding diaryl/α,β-unsaturated/α-hetero) is 1. The minimum Gasteiger partial charge on any atom is -0.395 e. The van der Waals surface area contributed by atoms with Gasteiger partial charge < -0.3 is 10.4 Å². The van der Waals surface area contributed by atoms with Gasteiger partial charge in [0.05, 0.1) is 6.61 Å². The average molecular weight is 235 g/mol. The van der Waals surface area contributed by atoms with Crippen LogP contribution in [0.3, 0.4) is 0 Å². The maximum absolute atomic E-state index is 11.6. The highest BCUT2D eigenvalue weighted by Crippen LogP contribution is 2.04. The number of aliphatic hydroxyl groups excluding tert-OH is 1. The number of nitrogens with one attached hydrogen (secondary N) is 1. The zero-order chi connectivity index (χ0) is 12.3. The summed E-state index contributed by atoms with van der Waals surface area (Å²) < 4.78 is 0. The van der Waals surface area contributed by atoms with E-state index in [-0.39, 0.29) is 6.61 Å². The second-order valence-electron chi connectivity index (χ2n) is 4.10. The molecule has 0 aliphatic carbocycles. The number of aliphatic hydroxyl groups is 1. The fraction of sp³-hybridized carbons (Fsp3) is 0.500. The third-order valence-electron chi connectivity index (χ3n) is 2.63. The summed E-state index contributed by atoms with van der Waals surface area (Å²) in [5, 5.41) is 11.6. The summed E-state index contributed by atoms with van der Waals surface area (Å²) in [6, 6.07) is 10.1. The molecule has 0 aliphatic rings. The molecular formula is C14H21NO2. The van der Waals surface area contributed by atoms with Crippen LogP contribution >= 0.6 is 0 Å². The van der Waals surface area contributed by atoms with Gasteiger partial charge in [-0.15, -0.1) is 0 Å². The van der Waals surface area contributed by atoms with E-state index in [9.17, 15) is 4.79 Å². The molecule has 0 bridgehead atoms. The van der Waals surface area contributed by atoms with E-state index >= 15 is 0 Å². The van der Waals surface area contributed by atoms with Crippen molar-refractivity contribution in [1.82, 2.24) is 5.32 Å². The quantitative estimate of drug-likeness (QED) is 0.638. The van der Waals surface area contributed by atoms with Crippen molar-refractivity contribution >= 4 is 5.78 Å². The Morgan fingerprint density at radius 1 is 1.12 bits per heavy atom. The zero-order valence-corrected chi connectivity index (χ0v) is 10.2. The van der Waals surface area contributed by atoms with Gasteiger partial charge in [-0.3, -0.25) is 4.79 Å². The Morgan fingerprint density at radius 2 is 1.88 bits per heavy atom. The fourth-order valence-corrected chi connectivity index (χ4v) is 1.67. The minimum absolute atomic E-state index is 0.155. The first-order valence-corrected chi connectivity index (χ1v) is 6.20. The van der Waals surface area contributed by atoms with Gasteiger partial charge in [-0.1, -0.05) is 30.3 Å². The standard InChI is InChI=1S/C14H21NO2/c16-12-11-15-10-4-7-14(17)9-8-13-5-2-1-3-6-13/h1-3,5-6,15-16H,4,7-12H2. The summed E-state index contributed by atoms with van der Waals surface area (Å²) >= 11 is 0. The molecule has 0 aliphatic heterocycles. The summed E-state index contributed by atoms with van der Waals surface area (Å²) in [6.45, 7) is 1.57. The SMILES string of the molecule is O=C(CCCNCCO)CCc1ccccc1. The van der Waals surface area contributed by atoms with E-state index in [1.165, 1.54) is 5.56 Å². The number of hydrogen-bond acceptors (Lipinski definition) is 3. The number of carbonyl (C=O) groups excluding carboxylic acids is 1. The summed E-state index contributed by atoms with van der Waals surface area (Å²) in [5.74, 6) is 0.319. The smallest absolute Gasteiger partial charge is 0.133 e. The molecule has 0 spiro atoms. The molecule has 0 saturated heterocycles. The van der Waals surface area contributed by atoms with Gasteiger partial charge in [0.2, 0.25) is 0 Å². The van der Waals surface area contributed by atoms with Crippen LogP contribution in [0.1, 0.15) is 24.8 Å². The molecular weight excluding hydrogens is 214 g/mol. The van der Waals surface area contributed by atoms with Gasteiger partial charge in [-0.25, -0.2) is 0 Å². The number of carbonyl (C=O) groups is 1. The molecule has 0 saturated carbocycles. The highest BCUT2D eigenvalue weighted by Gasteiger charge is 2.02. The van der Waals surface area contributed by atoms with Gasteiger partial charge in [0.15, 0.2) is 0 Å². The Labute approximate surface area is 103 Å². The number of benzene rings is 1. The van der Waals surface area contributed by atoms with Crippen LogP contribution in [-0.4, -0.2) is 30.6 Å². The molecule has 17 heavy (non-hydrogen) atoms. The van der Waals surface area contributed by atoms with Crippen molar-refractivity contribution in [2.45, 2.75) is 25.7 Å². The van der Waals surface area contributed by atoms with Crippen molar-refractivity contribution in [3.63, 3.8) is 0 Å². The molecule has 3 heteroatoms. The molecule has 94 valence electrons. The maximum atomic E-state index is 11.6. The summed E-state index contributed by atoms with van der Waals surface area (Å²) in [7, 11) is 0. The number of ketones is 1. The predicted molar refractivity (Wildman–Crippen MR) is 69.0 cm³/mol. The monoisotopic (exact) mass is 235 g/mol. The van der Waals surface area contributed by atoms with E-state index in [0.717, 1.165) is 19.4 Å². The number of hydrogen-bond donors (Lipinski definition) is 2. The van der Waals surface area contributed by atoms with Crippen LogP contribution in [-0.2, 0) is 11.2 Å².